The molecule has 3 heterocycles. The molecule has 33 heavy (non-hydrogen) atoms. The van der Waals surface area contributed by atoms with Gasteiger partial charge in [0.25, 0.3) is 0 Å². The predicted molar refractivity (Wildman–Crippen MR) is 107 cm³/mol. The molecule has 2 aliphatic heterocycles. The molecule has 11 heteroatoms. The first-order chi connectivity index (χ1) is 15.6. The number of carbonyl (C=O) groups excluding carboxylic acids is 2. The highest BCUT2D eigenvalue weighted by molar-refractivity contribution is 5.95. The number of alkyl halides is 3. The highest BCUT2D eigenvalue weighted by Gasteiger charge is 2.43. The van der Waals surface area contributed by atoms with Crippen LogP contribution in [0.3, 0.4) is 0 Å². The van der Waals surface area contributed by atoms with Crippen molar-refractivity contribution in [1.29, 1.82) is 0 Å². The Morgan fingerprint density at radius 2 is 1.97 bits per heavy atom. The van der Waals surface area contributed by atoms with Gasteiger partial charge in [-0.25, -0.2) is 13.6 Å². The Kier molecular flexibility index (Phi) is 4.87. The second-order valence-corrected chi connectivity index (χ2v) is 8.28. The van der Waals surface area contributed by atoms with Crippen LogP contribution in [-0.4, -0.2) is 45.9 Å². The number of halogens is 5. The zero-order valence-corrected chi connectivity index (χ0v) is 17.0. The topological polar surface area (TPSA) is 65.5 Å². The van der Waals surface area contributed by atoms with E-state index in [2.05, 4.69) is 10.3 Å². The summed E-state index contributed by atoms with van der Waals surface area (Å²) in [4.78, 5) is 31.6. The van der Waals surface area contributed by atoms with E-state index in [4.69, 9.17) is 0 Å². The lowest BCUT2D eigenvalue weighted by Gasteiger charge is -2.33. The fourth-order valence-corrected chi connectivity index (χ4v) is 4.65. The Balaban J connectivity index is 1.31. The van der Waals surface area contributed by atoms with E-state index in [-0.39, 0.29) is 42.2 Å². The molecule has 3 amide bonds. The first kappa shape index (κ1) is 21.4. The van der Waals surface area contributed by atoms with E-state index in [1.807, 2.05) is 6.08 Å². The number of amides is 3. The molecule has 3 aliphatic rings. The average molecular weight is 464 g/mol. The molecule has 6 nitrogen and oxygen atoms in total. The number of hydrogen-bond donors (Lipinski definition) is 1. The molecule has 2 bridgehead atoms. The number of carbonyl (C=O) groups is 2. The summed E-state index contributed by atoms with van der Waals surface area (Å²) < 4.78 is 66.1. The Morgan fingerprint density at radius 3 is 2.64 bits per heavy atom. The van der Waals surface area contributed by atoms with Gasteiger partial charge in [0.05, 0.1) is 18.3 Å². The zero-order chi connectivity index (χ0) is 23.5. The van der Waals surface area contributed by atoms with Crippen LogP contribution in [-0.2, 0) is 17.5 Å². The molecule has 1 saturated heterocycles. The molecule has 172 valence electrons. The molecule has 0 saturated carbocycles. The number of nitrogens with one attached hydrogen (secondary N) is 1. The van der Waals surface area contributed by atoms with Crippen LogP contribution < -0.4 is 5.32 Å². The number of hydrogen-bond acceptors (Lipinski definition) is 3. The summed E-state index contributed by atoms with van der Waals surface area (Å²) in [5.74, 6) is -2.47. The number of nitrogens with zero attached hydrogens (tertiary/aromatic N) is 3. The van der Waals surface area contributed by atoms with Crippen LogP contribution in [0.25, 0.3) is 5.57 Å². The van der Waals surface area contributed by atoms with Crippen LogP contribution in [0.15, 0.2) is 36.5 Å². The van der Waals surface area contributed by atoms with Gasteiger partial charge < -0.3 is 15.1 Å². The Morgan fingerprint density at radius 1 is 1.18 bits per heavy atom. The van der Waals surface area contributed by atoms with Crippen LogP contribution in [0.2, 0.25) is 0 Å². The smallest absolute Gasteiger partial charge is 0.333 e. The van der Waals surface area contributed by atoms with Crippen LogP contribution in [0, 0.1) is 17.6 Å². The summed E-state index contributed by atoms with van der Waals surface area (Å²) >= 11 is 0. The van der Waals surface area contributed by atoms with E-state index in [1.165, 1.54) is 12.1 Å². The predicted octanol–water partition coefficient (Wildman–Crippen LogP) is 4.04. The van der Waals surface area contributed by atoms with Crippen molar-refractivity contribution in [3.05, 3.63) is 65.0 Å². The average Bonchev–Trinajstić information content (AvgIpc) is 3.38. The van der Waals surface area contributed by atoms with Gasteiger partial charge in [0.2, 0.25) is 5.91 Å². The van der Waals surface area contributed by atoms with Crippen molar-refractivity contribution in [3.8, 4) is 0 Å². The van der Waals surface area contributed by atoms with Crippen molar-refractivity contribution in [2.24, 2.45) is 5.92 Å². The molecular weight excluding hydrogens is 447 g/mol. The summed E-state index contributed by atoms with van der Waals surface area (Å²) in [6, 6.07) is 3.46. The van der Waals surface area contributed by atoms with Gasteiger partial charge in [-0.1, -0.05) is 12.1 Å². The minimum absolute atomic E-state index is 0.0400. The number of rotatable bonds is 3. The second-order valence-electron chi connectivity index (χ2n) is 8.28. The van der Waals surface area contributed by atoms with Crippen LogP contribution in [0.1, 0.15) is 23.2 Å². The molecule has 1 aromatic heterocycles. The van der Waals surface area contributed by atoms with Gasteiger partial charge in [0.1, 0.15) is 12.2 Å². The van der Waals surface area contributed by atoms with Gasteiger partial charge in [-0.2, -0.15) is 13.2 Å². The standard InChI is InChI=1S/C22H17F5N4O2/c23-15-2-3-16-14(20(15)24)9-30(21(33)29-16)10-19(32)31-8-11-5-13(17(31)6-11)12-1-4-18(28-7-12)22(25,26)27/h1-5,7,11,17H,6,8-10H2,(H,29,33)/t11-,17-/m1/s1. The minimum Gasteiger partial charge on any atom is -0.333 e. The third-order valence-electron chi connectivity index (χ3n) is 6.22. The SMILES string of the molecule is O=C1Nc2ccc(F)c(F)c2CN1CC(=O)N1C[C@@H]2C=C(c3ccc(C(F)(F)F)nc3)[C@H]1C2. The normalized spacial score (nSPS) is 21.7. The molecule has 0 radical (unpaired) electrons. The van der Waals surface area contributed by atoms with Gasteiger partial charge in [0.15, 0.2) is 11.6 Å². The van der Waals surface area contributed by atoms with Crippen molar-refractivity contribution in [3.63, 3.8) is 0 Å². The van der Waals surface area contributed by atoms with E-state index < -0.39 is 29.5 Å². The van der Waals surface area contributed by atoms with Crippen molar-refractivity contribution in [1.82, 2.24) is 14.8 Å². The van der Waals surface area contributed by atoms with Gasteiger partial charge in [-0.15, -0.1) is 0 Å². The second kappa shape index (κ2) is 7.53. The molecule has 0 unspecified atom stereocenters. The van der Waals surface area contributed by atoms with Crippen LogP contribution in [0.5, 0.6) is 0 Å². The third kappa shape index (κ3) is 3.70. The maximum atomic E-state index is 14.2. The van der Waals surface area contributed by atoms with E-state index in [9.17, 15) is 31.5 Å². The first-order valence-electron chi connectivity index (χ1n) is 10.2. The minimum atomic E-state index is -4.54. The van der Waals surface area contributed by atoms with Crippen LogP contribution >= 0.6 is 0 Å². The van der Waals surface area contributed by atoms with Gasteiger partial charge in [0, 0.05) is 18.3 Å². The molecule has 1 aliphatic carbocycles. The summed E-state index contributed by atoms with van der Waals surface area (Å²) in [7, 11) is 0. The quantitative estimate of drug-likeness (QED) is 0.698. The molecule has 0 spiro atoms. The third-order valence-corrected chi connectivity index (χ3v) is 6.22. The Hall–Kier alpha value is -3.50. The monoisotopic (exact) mass is 464 g/mol. The molecule has 1 fully saturated rings. The van der Waals surface area contributed by atoms with Crippen LogP contribution in [0.4, 0.5) is 32.4 Å². The maximum absolute atomic E-state index is 14.2. The number of urea groups is 1. The summed E-state index contributed by atoms with van der Waals surface area (Å²) in [5, 5.41) is 2.46. The highest BCUT2D eigenvalue weighted by atomic mass is 19.4. The summed E-state index contributed by atoms with van der Waals surface area (Å²) in [6.07, 6.45) is -0.846. The molecular formula is C22H17F5N4O2. The summed E-state index contributed by atoms with van der Waals surface area (Å²) in [6.45, 7) is -0.191. The largest absolute Gasteiger partial charge is 0.433 e. The maximum Gasteiger partial charge on any atom is 0.433 e. The van der Waals surface area contributed by atoms with E-state index in [1.54, 1.807) is 4.90 Å². The Labute approximate surface area is 184 Å². The fourth-order valence-electron chi connectivity index (χ4n) is 4.65. The fraction of sp³-hybridized carbons (Fsp3) is 0.318. The molecule has 1 aromatic carbocycles. The van der Waals surface area contributed by atoms with Gasteiger partial charge in [-0.05, 0) is 41.7 Å². The number of benzene rings is 1. The number of anilines is 1. The number of aromatic nitrogens is 1. The van der Waals surface area contributed by atoms with E-state index in [0.29, 0.717) is 24.1 Å². The lowest BCUT2D eigenvalue weighted by atomic mass is 10.0. The number of fused-ring (bicyclic) bond motifs is 3. The first-order valence-corrected chi connectivity index (χ1v) is 10.2. The Bertz CT molecular complexity index is 1180. The summed E-state index contributed by atoms with van der Waals surface area (Å²) in [5.41, 5.74) is 0.324. The highest BCUT2D eigenvalue weighted by Crippen LogP contribution is 2.42. The lowest BCUT2D eigenvalue weighted by Crippen LogP contribution is -2.48. The van der Waals surface area contributed by atoms with E-state index in [0.717, 1.165) is 23.2 Å². The van der Waals surface area contributed by atoms with Crippen molar-refractivity contribution < 1.29 is 31.5 Å². The number of likely N-dealkylation sites (tertiary alicyclic amines) is 1. The zero-order valence-electron chi connectivity index (χ0n) is 17.0. The lowest BCUT2D eigenvalue weighted by molar-refractivity contribution is -0.141. The van der Waals surface area contributed by atoms with E-state index >= 15 is 0 Å². The van der Waals surface area contributed by atoms with Gasteiger partial charge in [-0.3, -0.25) is 9.78 Å². The van der Waals surface area contributed by atoms with Gasteiger partial charge >= 0.3 is 12.2 Å². The molecule has 2 aromatic rings. The molecule has 2 atom stereocenters. The van der Waals surface area contributed by atoms with Crippen molar-refractivity contribution in [2.75, 3.05) is 18.4 Å². The van der Waals surface area contributed by atoms with Crippen molar-refractivity contribution in [2.45, 2.75) is 25.2 Å². The molecule has 5 rings (SSSR count). The number of pyridine rings is 1. The van der Waals surface area contributed by atoms with Crippen molar-refractivity contribution >= 4 is 23.2 Å². The molecule has 1 N–H and O–H groups in total.